The van der Waals surface area contributed by atoms with Crippen molar-refractivity contribution >= 4 is 17.7 Å². The molecule has 1 saturated heterocycles. The molecular weight excluding hydrogens is 523 g/mol. The van der Waals surface area contributed by atoms with Gasteiger partial charge in [0.15, 0.2) is 0 Å². The van der Waals surface area contributed by atoms with Gasteiger partial charge in [-0.1, -0.05) is 45.0 Å². The van der Waals surface area contributed by atoms with Crippen molar-refractivity contribution in [1.29, 1.82) is 0 Å². The fraction of sp³-hybridized carbons (Fsp3) is 0.406. The van der Waals surface area contributed by atoms with Crippen molar-refractivity contribution in [3.63, 3.8) is 0 Å². The number of carboxylic acid groups (broad SMARTS) is 1. The first-order valence-corrected chi connectivity index (χ1v) is 13.8. The van der Waals surface area contributed by atoms with Gasteiger partial charge in [0, 0.05) is 57.3 Å². The van der Waals surface area contributed by atoms with E-state index in [9.17, 15) is 19.1 Å². The van der Waals surface area contributed by atoms with Gasteiger partial charge in [0.2, 0.25) is 0 Å². The van der Waals surface area contributed by atoms with Gasteiger partial charge < -0.3 is 14.7 Å². The third-order valence-corrected chi connectivity index (χ3v) is 8.16. The molecule has 1 fully saturated rings. The fourth-order valence-corrected chi connectivity index (χ4v) is 5.24. The molecule has 2 amide bonds. The molecule has 1 N–H and O–H groups in total. The summed E-state index contributed by atoms with van der Waals surface area (Å²) in [6.07, 6.45) is 0.630. The quantitative estimate of drug-likeness (QED) is 0.375. The number of pyridine rings is 1. The first kappa shape index (κ1) is 30.1. The van der Waals surface area contributed by atoms with Crippen LogP contribution < -0.4 is 4.90 Å². The van der Waals surface area contributed by atoms with Crippen LogP contribution in [0, 0.1) is 11.2 Å². The zero-order chi connectivity index (χ0) is 29.8. The number of hydrogen-bond donors (Lipinski definition) is 1. The number of amides is 2. The average molecular weight is 563 g/mol. The summed E-state index contributed by atoms with van der Waals surface area (Å²) in [6, 6.07) is 17.5. The van der Waals surface area contributed by atoms with Crippen molar-refractivity contribution in [2.75, 3.05) is 44.8 Å². The SMILES string of the molecule is COCCN(C(=O)c1ccc(-c2cccc(F)c2)nc1)c1ccc(CN2CCN(C(=O)O)[C@@](C)(C(C)(C)C)C2)cc1. The lowest BCUT2D eigenvalue weighted by molar-refractivity contribution is -0.0462. The summed E-state index contributed by atoms with van der Waals surface area (Å²) in [6.45, 7) is 11.4. The van der Waals surface area contributed by atoms with Crippen molar-refractivity contribution in [2.24, 2.45) is 5.41 Å². The zero-order valence-corrected chi connectivity index (χ0v) is 24.4. The van der Waals surface area contributed by atoms with E-state index in [4.69, 9.17) is 4.74 Å². The maximum atomic E-state index is 13.6. The summed E-state index contributed by atoms with van der Waals surface area (Å²) >= 11 is 0. The average Bonchev–Trinajstić information content (AvgIpc) is 2.93. The van der Waals surface area contributed by atoms with Crippen LogP contribution in [0.15, 0.2) is 66.9 Å². The Hall–Kier alpha value is -3.82. The molecule has 8 nitrogen and oxygen atoms in total. The predicted molar refractivity (Wildman–Crippen MR) is 157 cm³/mol. The molecule has 0 bridgehead atoms. The number of carbonyl (C=O) groups excluding carboxylic acids is 1. The van der Waals surface area contributed by atoms with Crippen LogP contribution in [0.2, 0.25) is 0 Å². The molecule has 2 aromatic carbocycles. The maximum absolute atomic E-state index is 13.6. The van der Waals surface area contributed by atoms with Crippen LogP contribution in [0.3, 0.4) is 0 Å². The largest absolute Gasteiger partial charge is 0.465 e. The highest BCUT2D eigenvalue weighted by Crippen LogP contribution is 2.38. The lowest BCUT2D eigenvalue weighted by atomic mass is 9.72. The second-order valence-electron chi connectivity index (χ2n) is 11.7. The standard InChI is InChI=1S/C32H39FN4O4/c1-31(2,3)32(4)22-35(15-16-37(32)30(39)40)21-23-9-12-27(13-10-23)36(17-18-41-5)29(38)25-11-14-28(34-20-25)24-7-6-8-26(33)19-24/h6-14,19-20H,15-18,21-22H2,1-5H3,(H,39,40)/t32-/m1/s1. The smallest absolute Gasteiger partial charge is 0.407 e. The molecular formula is C32H39FN4O4. The van der Waals surface area contributed by atoms with Crippen LogP contribution in [-0.2, 0) is 11.3 Å². The van der Waals surface area contributed by atoms with Crippen LogP contribution >= 0.6 is 0 Å². The molecule has 0 unspecified atom stereocenters. The Bertz CT molecular complexity index is 1360. The van der Waals surface area contributed by atoms with Crippen LogP contribution in [0.4, 0.5) is 14.9 Å². The summed E-state index contributed by atoms with van der Waals surface area (Å²) in [4.78, 5) is 35.4. The van der Waals surface area contributed by atoms with Crippen LogP contribution in [0.25, 0.3) is 11.3 Å². The molecule has 9 heteroatoms. The third kappa shape index (κ3) is 6.74. The molecule has 0 aliphatic carbocycles. The van der Waals surface area contributed by atoms with Crippen molar-refractivity contribution < 1.29 is 23.8 Å². The zero-order valence-electron chi connectivity index (χ0n) is 24.4. The van der Waals surface area contributed by atoms with E-state index in [1.165, 1.54) is 18.3 Å². The van der Waals surface area contributed by atoms with Gasteiger partial charge in [-0.25, -0.2) is 9.18 Å². The number of hydrogen-bond acceptors (Lipinski definition) is 5. The number of carbonyl (C=O) groups is 2. The number of halogens is 1. The topological polar surface area (TPSA) is 86.2 Å². The second-order valence-corrected chi connectivity index (χ2v) is 11.7. The highest BCUT2D eigenvalue weighted by atomic mass is 19.1. The van der Waals surface area contributed by atoms with Crippen molar-refractivity contribution in [3.8, 4) is 11.3 Å². The minimum absolute atomic E-state index is 0.209. The number of ether oxygens (including phenoxy) is 1. The van der Waals surface area contributed by atoms with Gasteiger partial charge in [-0.05, 0) is 54.3 Å². The van der Waals surface area contributed by atoms with Crippen LogP contribution in [-0.4, -0.2) is 77.3 Å². The lowest BCUT2D eigenvalue weighted by Crippen LogP contribution is -2.67. The molecule has 1 aromatic heterocycles. The van der Waals surface area contributed by atoms with E-state index in [1.54, 1.807) is 41.2 Å². The van der Waals surface area contributed by atoms with E-state index in [-0.39, 0.29) is 17.1 Å². The summed E-state index contributed by atoms with van der Waals surface area (Å²) in [5.41, 5.74) is 2.69. The van der Waals surface area contributed by atoms with Gasteiger partial charge in [-0.3, -0.25) is 19.6 Å². The normalized spacial score (nSPS) is 17.9. The van der Waals surface area contributed by atoms with Crippen molar-refractivity contribution in [2.45, 2.75) is 39.8 Å². The summed E-state index contributed by atoms with van der Waals surface area (Å²) in [7, 11) is 1.59. The van der Waals surface area contributed by atoms with E-state index < -0.39 is 11.6 Å². The summed E-state index contributed by atoms with van der Waals surface area (Å²) in [5, 5.41) is 9.81. The number of benzene rings is 2. The van der Waals surface area contributed by atoms with Gasteiger partial charge >= 0.3 is 6.09 Å². The predicted octanol–water partition coefficient (Wildman–Crippen LogP) is 5.78. The molecule has 218 valence electrons. The van der Waals surface area contributed by atoms with Crippen LogP contribution in [0.5, 0.6) is 0 Å². The van der Waals surface area contributed by atoms with Gasteiger partial charge in [-0.15, -0.1) is 0 Å². The molecule has 0 radical (unpaired) electrons. The Morgan fingerprint density at radius 3 is 2.41 bits per heavy atom. The molecule has 1 aliphatic heterocycles. The number of aromatic nitrogens is 1. The molecule has 4 rings (SSSR count). The van der Waals surface area contributed by atoms with E-state index in [0.29, 0.717) is 56.2 Å². The molecule has 0 spiro atoms. The minimum atomic E-state index is -0.883. The van der Waals surface area contributed by atoms with E-state index in [2.05, 4.69) is 30.7 Å². The Morgan fingerprint density at radius 2 is 1.83 bits per heavy atom. The lowest BCUT2D eigenvalue weighted by Gasteiger charge is -2.54. The van der Waals surface area contributed by atoms with Crippen LogP contribution in [0.1, 0.15) is 43.6 Å². The van der Waals surface area contributed by atoms with Gasteiger partial charge in [0.1, 0.15) is 5.82 Å². The van der Waals surface area contributed by atoms with Gasteiger partial charge in [0.25, 0.3) is 5.91 Å². The molecule has 41 heavy (non-hydrogen) atoms. The number of nitrogens with zero attached hydrogens (tertiary/aromatic N) is 4. The Kier molecular flexibility index (Phi) is 9.09. The first-order chi connectivity index (χ1) is 19.4. The summed E-state index contributed by atoms with van der Waals surface area (Å²) in [5.74, 6) is -0.553. The number of rotatable bonds is 8. The van der Waals surface area contributed by atoms with Crippen molar-refractivity contribution in [1.82, 2.24) is 14.8 Å². The fourth-order valence-electron chi connectivity index (χ4n) is 5.24. The van der Waals surface area contributed by atoms with E-state index in [0.717, 1.165) is 11.3 Å². The molecule has 1 atom stereocenters. The summed E-state index contributed by atoms with van der Waals surface area (Å²) < 4.78 is 18.9. The Balaban J connectivity index is 1.49. The third-order valence-electron chi connectivity index (χ3n) is 8.16. The number of anilines is 1. The monoisotopic (exact) mass is 562 g/mol. The van der Waals surface area contributed by atoms with Gasteiger partial charge in [0.05, 0.1) is 23.4 Å². The molecule has 0 saturated carbocycles. The second kappa shape index (κ2) is 12.4. The molecule has 1 aliphatic rings. The van der Waals surface area contributed by atoms with Crippen molar-refractivity contribution in [3.05, 3.63) is 83.8 Å². The maximum Gasteiger partial charge on any atom is 0.407 e. The van der Waals surface area contributed by atoms with E-state index in [1.807, 2.05) is 31.2 Å². The van der Waals surface area contributed by atoms with Gasteiger partial charge in [-0.2, -0.15) is 0 Å². The molecule has 2 heterocycles. The Morgan fingerprint density at radius 1 is 1.10 bits per heavy atom. The first-order valence-electron chi connectivity index (χ1n) is 13.8. The number of piperazine rings is 1. The minimum Gasteiger partial charge on any atom is -0.465 e. The highest BCUT2D eigenvalue weighted by Gasteiger charge is 2.48. The number of methoxy groups -OCH3 is 1. The van der Waals surface area contributed by atoms with E-state index >= 15 is 0 Å². The Labute approximate surface area is 241 Å². The molecule has 3 aromatic rings. The highest BCUT2D eigenvalue weighted by molar-refractivity contribution is 6.06.